The SMILES string of the molecule is O=C(NC1CC(c2ccccc2)C1)c1cc(-c2ccccn2)no1. The highest BCUT2D eigenvalue weighted by atomic mass is 16.5. The van der Waals surface area contributed by atoms with Gasteiger partial charge in [0.25, 0.3) is 5.91 Å². The van der Waals surface area contributed by atoms with Gasteiger partial charge in [0.1, 0.15) is 5.69 Å². The zero-order chi connectivity index (χ0) is 16.4. The Hall–Kier alpha value is -2.95. The molecule has 1 saturated carbocycles. The van der Waals surface area contributed by atoms with Gasteiger partial charge < -0.3 is 9.84 Å². The van der Waals surface area contributed by atoms with Gasteiger partial charge in [0.05, 0.1) is 5.69 Å². The lowest BCUT2D eigenvalue weighted by atomic mass is 9.76. The fourth-order valence-corrected chi connectivity index (χ4v) is 3.01. The monoisotopic (exact) mass is 319 g/mol. The number of nitrogens with one attached hydrogen (secondary N) is 1. The van der Waals surface area contributed by atoms with Crippen molar-refractivity contribution < 1.29 is 9.32 Å². The smallest absolute Gasteiger partial charge is 0.290 e. The minimum atomic E-state index is -0.221. The van der Waals surface area contributed by atoms with E-state index in [1.165, 1.54) is 5.56 Å². The van der Waals surface area contributed by atoms with E-state index in [0.717, 1.165) is 12.8 Å². The van der Waals surface area contributed by atoms with Crippen LogP contribution in [0.2, 0.25) is 0 Å². The lowest BCUT2D eigenvalue weighted by molar-refractivity contribution is 0.0871. The van der Waals surface area contributed by atoms with Gasteiger partial charge in [0.15, 0.2) is 0 Å². The van der Waals surface area contributed by atoms with Crippen LogP contribution in [0.15, 0.2) is 65.3 Å². The summed E-state index contributed by atoms with van der Waals surface area (Å²) in [4.78, 5) is 16.5. The van der Waals surface area contributed by atoms with Crippen molar-refractivity contribution >= 4 is 5.91 Å². The summed E-state index contributed by atoms with van der Waals surface area (Å²) in [5, 5.41) is 6.93. The third-order valence-electron chi connectivity index (χ3n) is 4.41. The zero-order valence-electron chi connectivity index (χ0n) is 13.1. The van der Waals surface area contributed by atoms with Crippen LogP contribution < -0.4 is 5.32 Å². The van der Waals surface area contributed by atoms with Crippen LogP contribution in [0.5, 0.6) is 0 Å². The highest BCUT2D eigenvalue weighted by Gasteiger charge is 2.32. The molecule has 3 aromatic rings. The highest BCUT2D eigenvalue weighted by molar-refractivity contribution is 5.92. The number of rotatable bonds is 4. The molecule has 1 aromatic carbocycles. The molecule has 0 bridgehead atoms. The Morgan fingerprint density at radius 3 is 2.58 bits per heavy atom. The molecule has 0 atom stereocenters. The van der Waals surface area contributed by atoms with Crippen LogP contribution in [0, 0.1) is 0 Å². The number of amides is 1. The molecule has 0 saturated heterocycles. The van der Waals surface area contributed by atoms with Crippen molar-refractivity contribution in [2.75, 3.05) is 0 Å². The maximum atomic E-state index is 12.3. The van der Waals surface area contributed by atoms with E-state index in [0.29, 0.717) is 17.3 Å². The van der Waals surface area contributed by atoms with Gasteiger partial charge in [-0.2, -0.15) is 0 Å². The first-order valence-corrected chi connectivity index (χ1v) is 8.03. The molecule has 120 valence electrons. The number of benzene rings is 1. The largest absolute Gasteiger partial charge is 0.350 e. The molecular weight excluding hydrogens is 302 g/mol. The predicted octanol–water partition coefficient (Wildman–Crippen LogP) is 3.41. The number of hydrogen-bond donors (Lipinski definition) is 1. The van der Waals surface area contributed by atoms with Gasteiger partial charge in [-0.25, -0.2) is 0 Å². The van der Waals surface area contributed by atoms with Crippen LogP contribution in [-0.4, -0.2) is 22.1 Å². The fraction of sp³-hybridized carbons (Fsp3) is 0.211. The van der Waals surface area contributed by atoms with E-state index in [1.807, 2.05) is 24.3 Å². The van der Waals surface area contributed by atoms with E-state index >= 15 is 0 Å². The summed E-state index contributed by atoms with van der Waals surface area (Å²) in [5.41, 5.74) is 2.59. The normalized spacial score (nSPS) is 19.5. The molecular formula is C19H17N3O2. The first-order chi connectivity index (χ1) is 11.8. The van der Waals surface area contributed by atoms with E-state index < -0.39 is 0 Å². The molecule has 24 heavy (non-hydrogen) atoms. The Morgan fingerprint density at radius 2 is 1.83 bits per heavy atom. The number of pyridine rings is 1. The summed E-state index contributed by atoms with van der Waals surface area (Å²) in [6.45, 7) is 0. The van der Waals surface area contributed by atoms with Crippen molar-refractivity contribution in [1.82, 2.24) is 15.5 Å². The quantitative estimate of drug-likeness (QED) is 0.800. The average Bonchev–Trinajstić information content (AvgIpc) is 3.09. The van der Waals surface area contributed by atoms with Gasteiger partial charge in [-0.1, -0.05) is 41.6 Å². The van der Waals surface area contributed by atoms with Crippen molar-refractivity contribution in [1.29, 1.82) is 0 Å². The number of nitrogens with zero attached hydrogens (tertiary/aromatic N) is 2. The summed E-state index contributed by atoms with van der Waals surface area (Å²) in [6.07, 6.45) is 3.59. The number of aromatic nitrogens is 2. The molecule has 5 nitrogen and oxygen atoms in total. The molecule has 4 rings (SSSR count). The van der Waals surface area contributed by atoms with Crippen LogP contribution in [0.1, 0.15) is 34.9 Å². The first kappa shape index (κ1) is 14.6. The second kappa shape index (κ2) is 6.28. The molecule has 0 unspecified atom stereocenters. The lowest BCUT2D eigenvalue weighted by Gasteiger charge is -2.35. The Bertz CT molecular complexity index is 824. The predicted molar refractivity (Wildman–Crippen MR) is 89.4 cm³/mol. The van der Waals surface area contributed by atoms with Crippen molar-refractivity contribution in [3.05, 3.63) is 72.1 Å². The molecule has 1 N–H and O–H groups in total. The topological polar surface area (TPSA) is 68.0 Å². The van der Waals surface area contributed by atoms with Gasteiger partial charge in [0, 0.05) is 18.3 Å². The lowest BCUT2D eigenvalue weighted by Crippen LogP contribution is -2.43. The van der Waals surface area contributed by atoms with Crippen molar-refractivity contribution in [3.8, 4) is 11.4 Å². The number of hydrogen-bond acceptors (Lipinski definition) is 4. The summed E-state index contributed by atoms with van der Waals surface area (Å²) < 4.78 is 5.16. The maximum Gasteiger partial charge on any atom is 0.290 e. The van der Waals surface area contributed by atoms with Crippen LogP contribution in [0.25, 0.3) is 11.4 Å². The average molecular weight is 319 g/mol. The molecule has 0 spiro atoms. The van der Waals surface area contributed by atoms with E-state index in [2.05, 4.69) is 39.7 Å². The van der Waals surface area contributed by atoms with E-state index in [4.69, 9.17) is 4.52 Å². The van der Waals surface area contributed by atoms with Crippen LogP contribution in [0.4, 0.5) is 0 Å². The van der Waals surface area contributed by atoms with E-state index in [1.54, 1.807) is 12.3 Å². The van der Waals surface area contributed by atoms with Gasteiger partial charge in [-0.3, -0.25) is 9.78 Å². The second-order valence-electron chi connectivity index (χ2n) is 6.04. The van der Waals surface area contributed by atoms with Gasteiger partial charge in [0.2, 0.25) is 5.76 Å². The molecule has 5 heteroatoms. The minimum absolute atomic E-state index is 0.186. The highest BCUT2D eigenvalue weighted by Crippen LogP contribution is 2.36. The molecule has 1 aliphatic carbocycles. The Labute approximate surface area is 139 Å². The summed E-state index contributed by atoms with van der Waals surface area (Å²) in [6, 6.07) is 17.7. The minimum Gasteiger partial charge on any atom is -0.350 e. The van der Waals surface area contributed by atoms with Crippen LogP contribution >= 0.6 is 0 Å². The van der Waals surface area contributed by atoms with Crippen molar-refractivity contribution in [2.45, 2.75) is 24.8 Å². The standard InChI is InChI=1S/C19H17N3O2/c23-19(18-12-17(22-24-18)16-8-4-5-9-20-16)21-15-10-14(11-15)13-6-2-1-3-7-13/h1-9,12,14-15H,10-11H2,(H,21,23). The molecule has 2 heterocycles. The molecule has 1 aliphatic rings. The Morgan fingerprint density at radius 1 is 1.04 bits per heavy atom. The van der Waals surface area contributed by atoms with Crippen molar-refractivity contribution in [3.63, 3.8) is 0 Å². The third kappa shape index (κ3) is 2.93. The third-order valence-corrected chi connectivity index (χ3v) is 4.41. The van der Waals surface area contributed by atoms with Gasteiger partial charge in [-0.05, 0) is 36.5 Å². The van der Waals surface area contributed by atoms with Crippen molar-refractivity contribution in [2.24, 2.45) is 0 Å². The fourth-order valence-electron chi connectivity index (χ4n) is 3.01. The molecule has 2 aromatic heterocycles. The summed E-state index contributed by atoms with van der Waals surface area (Å²) in [7, 11) is 0. The van der Waals surface area contributed by atoms with Crippen LogP contribution in [-0.2, 0) is 0 Å². The first-order valence-electron chi connectivity index (χ1n) is 8.03. The second-order valence-corrected chi connectivity index (χ2v) is 6.04. The number of carbonyl (C=O) groups is 1. The Kier molecular flexibility index (Phi) is 3.83. The zero-order valence-corrected chi connectivity index (χ0v) is 13.1. The van der Waals surface area contributed by atoms with E-state index in [-0.39, 0.29) is 17.7 Å². The molecule has 0 aliphatic heterocycles. The molecule has 1 amide bonds. The summed E-state index contributed by atoms with van der Waals surface area (Å²) in [5.74, 6) is 0.523. The van der Waals surface area contributed by atoms with Crippen LogP contribution in [0.3, 0.4) is 0 Å². The maximum absolute atomic E-state index is 12.3. The van der Waals surface area contributed by atoms with E-state index in [9.17, 15) is 4.79 Å². The van der Waals surface area contributed by atoms with Gasteiger partial charge in [-0.15, -0.1) is 0 Å². The molecule has 1 fully saturated rings. The summed E-state index contributed by atoms with van der Waals surface area (Å²) >= 11 is 0. The molecule has 0 radical (unpaired) electrons. The van der Waals surface area contributed by atoms with Gasteiger partial charge >= 0.3 is 0 Å². The number of carbonyl (C=O) groups excluding carboxylic acids is 1. The Balaban J connectivity index is 1.36.